The molecule has 0 radical (unpaired) electrons. The van der Waals surface area contributed by atoms with Crippen LogP contribution in [0.15, 0.2) is 32.5 Å². The van der Waals surface area contributed by atoms with Crippen LogP contribution in [0.4, 0.5) is 0 Å². The van der Waals surface area contributed by atoms with E-state index < -0.39 is 17.2 Å². The van der Waals surface area contributed by atoms with E-state index in [1.165, 1.54) is 23.1 Å². The summed E-state index contributed by atoms with van der Waals surface area (Å²) < 4.78 is 6.43. The van der Waals surface area contributed by atoms with Crippen LogP contribution in [0.1, 0.15) is 21.7 Å². The molecule has 2 heterocycles. The van der Waals surface area contributed by atoms with Crippen LogP contribution in [0, 0.1) is 6.92 Å². The number of H-pyrrole nitrogens is 1. The van der Waals surface area contributed by atoms with Crippen molar-refractivity contribution in [3.8, 4) is 0 Å². The number of hydrogen-bond acceptors (Lipinski definition) is 5. The predicted molar refractivity (Wildman–Crippen MR) is 65.5 cm³/mol. The van der Waals surface area contributed by atoms with E-state index in [9.17, 15) is 14.4 Å². The Balaban J connectivity index is 2.29. The van der Waals surface area contributed by atoms with Crippen LogP contribution < -0.4 is 22.5 Å². The lowest BCUT2D eigenvalue weighted by atomic mass is 10.3. The summed E-state index contributed by atoms with van der Waals surface area (Å²) in [5, 5.41) is 0. The molecule has 0 aliphatic heterocycles. The molecule has 8 heteroatoms. The van der Waals surface area contributed by atoms with E-state index in [1.807, 2.05) is 5.43 Å². The van der Waals surface area contributed by atoms with Gasteiger partial charge in [0.1, 0.15) is 12.0 Å². The fraction of sp³-hybridized carbons (Fsp3) is 0.182. The van der Waals surface area contributed by atoms with Crippen LogP contribution in [0.3, 0.4) is 0 Å². The van der Waals surface area contributed by atoms with Crippen LogP contribution in [-0.4, -0.2) is 15.5 Å². The highest BCUT2D eigenvalue weighted by atomic mass is 16.3. The highest BCUT2D eigenvalue weighted by molar-refractivity contribution is 5.93. The van der Waals surface area contributed by atoms with E-state index in [1.54, 1.807) is 6.92 Å². The molecule has 0 atom stereocenters. The van der Waals surface area contributed by atoms with Crippen molar-refractivity contribution in [3.05, 3.63) is 56.3 Å². The quantitative estimate of drug-likeness (QED) is 0.376. The van der Waals surface area contributed by atoms with Crippen LogP contribution in [-0.2, 0) is 6.54 Å². The molecule has 0 aliphatic carbocycles. The van der Waals surface area contributed by atoms with Gasteiger partial charge in [0.25, 0.3) is 11.5 Å². The zero-order valence-electron chi connectivity index (χ0n) is 10.1. The highest BCUT2D eigenvalue weighted by Gasteiger charge is 2.10. The molecule has 0 aliphatic rings. The Kier molecular flexibility index (Phi) is 3.34. The van der Waals surface area contributed by atoms with Crippen LogP contribution >= 0.6 is 0 Å². The Labute approximate surface area is 106 Å². The van der Waals surface area contributed by atoms with Crippen LogP contribution in [0.25, 0.3) is 0 Å². The second-order valence-electron chi connectivity index (χ2n) is 3.97. The number of furan rings is 1. The Morgan fingerprint density at radius 3 is 2.95 bits per heavy atom. The Morgan fingerprint density at radius 1 is 1.53 bits per heavy atom. The van der Waals surface area contributed by atoms with Gasteiger partial charge in [-0.1, -0.05) is 0 Å². The maximum atomic E-state index is 11.6. The number of carbonyl (C=O) groups excluding carboxylic acids is 1. The number of hydrogen-bond donors (Lipinski definition) is 3. The first-order valence-electron chi connectivity index (χ1n) is 5.40. The SMILES string of the molecule is Cc1cn(Cc2cc(C(=O)NN)co2)c(=O)[nH]c1=O. The summed E-state index contributed by atoms with van der Waals surface area (Å²) in [5.41, 5.74) is 1.66. The molecule has 0 aromatic carbocycles. The summed E-state index contributed by atoms with van der Waals surface area (Å²) in [6.07, 6.45) is 2.66. The number of rotatable bonds is 3. The number of nitrogens with zero attached hydrogens (tertiary/aromatic N) is 1. The molecular formula is C11H12N4O4. The minimum absolute atomic E-state index is 0.105. The monoisotopic (exact) mass is 264 g/mol. The number of amides is 1. The van der Waals surface area contributed by atoms with E-state index in [-0.39, 0.29) is 12.1 Å². The van der Waals surface area contributed by atoms with Crippen molar-refractivity contribution in [2.24, 2.45) is 5.84 Å². The molecule has 19 heavy (non-hydrogen) atoms. The average Bonchev–Trinajstić information content (AvgIpc) is 2.83. The number of aromatic nitrogens is 2. The van der Waals surface area contributed by atoms with Crippen molar-refractivity contribution in [2.75, 3.05) is 0 Å². The minimum atomic E-state index is -0.545. The molecule has 0 saturated heterocycles. The van der Waals surface area contributed by atoms with Gasteiger partial charge in [0, 0.05) is 11.8 Å². The van der Waals surface area contributed by atoms with E-state index in [0.29, 0.717) is 11.3 Å². The zero-order valence-corrected chi connectivity index (χ0v) is 10.1. The maximum Gasteiger partial charge on any atom is 0.328 e. The first-order chi connectivity index (χ1) is 9.01. The molecule has 100 valence electrons. The van der Waals surface area contributed by atoms with Crippen molar-refractivity contribution >= 4 is 5.91 Å². The molecular weight excluding hydrogens is 252 g/mol. The lowest BCUT2D eigenvalue weighted by Gasteiger charge is -2.02. The molecule has 2 rings (SSSR count). The standard InChI is InChI=1S/C11H12N4O4/c1-6-3-15(11(18)13-9(6)16)4-8-2-7(5-19-8)10(17)14-12/h2-3,5H,4,12H2,1H3,(H,14,17)(H,13,16,18). The molecule has 2 aromatic rings. The number of aromatic amines is 1. The summed E-state index contributed by atoms with van der Waals surface area (Å²) >= 11 is 0. The molecule has 1 amide bonds. The van der Waals surface area contributed by atoms with E-state index >= 15 is 0 Å². The first kappa shape index (κ1) is 12.8. The number of nitrogen functional groups attached to an aromatic ring is 1. The van der Waals surface area contributed by atoms with Gasteiger partial charge in [-0.2, -0.15) is 0 Å². The Hall–Kier alpha value is -2.61. The molecule has 2 aromatic heterocycles. The van der Waals surface area contributed by atoms with Gasteiger partial charge in [-0.15, -0.1) is 0 Å². The number of nitrogens with two attached hydrogens (primary N) is 1. The van der Waals surface area contributed by atoms with Gasteiger partial charge >= 0.3 is 5.69 Å². The van der Waals surface area contributed by atoms with Gasteiger partial charge in [0.2, 0.25) is 0 Å². The second kappa shape index (κ2) is 4.94. The summed E-state index contributed by atoms with van der Waals surface area (Å²) in [4.78, 5) is 36.2. The summed E-state index contributed by atoms with van der Waals surface area (Å²) in [5.74, 6) is 4.90. The normalized spacial score (nSPS) is 10.4. The fourth-order valence-electron chi connectivity index (χ4n) is 1.57. The maximum absolute atomic E-state index is 11.6. The van der Waals surface area contributed by atoms with Crippen molar-refractivity contribution in [3.63, 3.8) is 0 Å². The largest absolute Gasteiger partial charge is 0.467 e. The van der Waals surface area contributed by atoms with E-state index in [0.717, 1.165) is 0 Å². The predicted octanol–water partition coefficient (Wildman–Crippen LogP) is -0.910. The van der Waals surface area contributed by atoms with Crippen molar-refractivity contribution in [1.29, 1.82) is 0 Å². The summed E-state index contributed by atoms with van der Waals surface area (Å²) in [6, 6.07) is 1.47. The molecule has 0 bridgehead atoms. The van der Waals surface area contributed by atoms with Gasteiger partial charge in [-0.25, -0.2) is 10.6 Å². The summed E-state index contributed by atoms with van der Waals surface area (Å²) in [6.45, 7) is 1.69. The van der Waals surface area contributed by atoms with E-state index in [4.69, 9.17) is 10.3 Å². The van der Waals surface area contributed by atoms with Crippen molar-refractivity contribution in [2.45, 2.75) is 13.5 Å². The number of aryl methyl sites for hydroxylation is 1. The molecule has 0 unspecified atom stereocenters. The average molecular weight is 264 g/mol. The minimum Gasteiger partial charge on any atom is -0.467 e. The third-order valence-electron chi connectivity index (χ3n) is 2.56. The third kappa shape index (κ3) is 2.63. The van der Waals surface area contributed by atoms with Crippen LogP contribution in [0.2, 0.25) is 0 Å². The second-order valence-corrected chi connectivity index (χ2v) is 3.97. The molecule has 0 spiro atoms. The smallest absolute Gasteiger partial charge is 0.328 e. The van der Waals surface area contributed by atoms with E-state index in [2.05, 4.69) is 4.98 Å². The van der Waals surface area contributed by atoms with Crippen molar-refractivity contribution < 1.29 is 9.21 Å². The van der Waals surface area contributed by atoms with Gasteiger partial charge in [-0.3, -0.25) is 24.6 Å². The molecule has 0 fully saturated rings. The Bertz CT molecular complexity index is 725. The highest BCUT2D eigenvalue weighted by Crippen LogP contribution is 2.08. The third-order valence-corrected chi connectivity index (χ3v) is 2.56. The molecule has 0 saturated carbocycles. The topological polar surface area (TPSA) is 123 Å². The van der Waals surface area contributed by atoms with Gasteiger partial charge < -0.3 is 4.42 Å². The Morgan fingerprint density at radius 2 is 2.26 bits per heavy atom. The fourth-order valence-corrected chi connectivity index (χ4v) is 1.57. The number of carbonyl (C=O) groups is 1. The van der Waals surface area contributed by atoms with Crippen LogP contribution in [0.5, 0.6) is 0 Å². The molecule has 4 N–H and O–H groups in total. The van der Waals surface area contributed by atoms with Gasteiger partial charge in [0.15, 0.2) is 0 Å². The van der Waals surface area contributed by atoms with Crippen molar-refractivity contribution in [1.82, 2.24) is 15.0 Å². The number of nitrogens with one attached hydrogen (secondary N) is 2. The lowest BCUT2D eigenvalue weighted by molar-refractivity contribution is 0.0953. The summed E-state index contributed by atoms with van der Waals surface area (Å²) in [7, 11) is 0. The first-order valence-corrected chi connectivity index (χ1v) is 5.40. The molecule has 8 nitrogen and oxygen atoms in total. The number of hydrazine groups is 1. The van der Waals surface area contributed by atoms with Gasteiger partial charge in [-0.05, 0) is 13.0 Å². The lowest BCUT2D eigenvalue weighted by Crippen LogP contribution is -2.31. The van der Waals surface area contributed by atoms with Gasteiger partial charge in [0.05, 0.1) is 12.1 Å². The zero-order chi connectivity index (χ0) is 14.0.